The van der Waals surface area contributed by atoms with Gasteiger partial charge in [-0.05, 0) is 49.2 Å². The van der Waals surface area contributed by atoms with Crippen LogP contribution < -0.4 is 14.4 Å². The molecule has 1 unspecified atom stereocenters. The van der Waals surface area contributed by atoms with Crippen LogP contribution in [0.5, 0.6) is 5.75 Å². The Kier molecular flexibility index (Phi) is 5.63. The summed E-state index contributed by atoms with van der Waals surface area (Å²) in [6.45, 7) is 2.10. The molecule has 0 radical (unpaired) electrons. The number of carbonyl (C=O) groups excluding carboxylic acids is 1. The maximum absolute atomic E-state index is 12.9. The number of sulfonamides is 1. The second-order valence-corrected chi connectivity index (χ2v) is 9.44. The number of ether oxygens (including phenoxy) is 1. The van der Waals surface area contributed by atoms with Gasteiger partial charge in [-0.3, -0.25) is 9.52 Å². The number of anilines is 2. The topological polar surface area (TPSA) is 101 Å². The Bertz CT molecular complexity index is 1190. The van der Waals surface area contributed by atoms with E-state index in [-0.39, 0.29) is 15.9 Å². The SMILES string of the molecule is CC(Oc1ccccc1Cl)C(=O)N1CCc2cc(S(=O)(=O)Nc3ncns3)ccc21. The van der Waals surface area contributed by atoms with Crippen LogP contribution in [0.4, 0.5) is 10.8 Å². The van der Waals surface area contributed by atoms with Gasteiger partial charge >= 0.3 is 0 Å². The number of rotatable bonds is 6. The standard InChI is InChI=1S/C19H17ClN4O4S2/c1-12(28-17-5-3-2-4-15(17)20)18(25)24-9-8-13-10-14(6-7-16(13)24)30(26,27)23-19-21-11-22-29-19/h2-7,10-12H,8-9H2,1H3,(H,21,22,23). The normalized spacial score (nSPS) is 14.3. The fourth-order valence-corrected chi connectivity index (χ4v) is 5.06. The average Bonchev–Trinajstić information content (AvgIpc) is 3.38. The molecule has 1 amide bonds. The molecule has 1 N–H and O–H groups in total. The number of para-hydroxylation sites is 1. The zero-order valence-corrected chi connectivity index (χ0v) is 18.2. The van der Waals surface area contributed by atoms with Crippen LogP contribution in [0.25, 0.3) is 0 Å². The summed E-state index contributed by atoms with van der Waals surface area (Å²) < 4.78 is 37.0. The lowest BCUT2D eigenvalue weighted by Gasteiger charge is -2.23. The summed E-state index contributed by atoms with van der Waals surface area (Å²) >= 11 is 7.06. The molecule has 1 aliphatic rings. The molecular weight excluding hydrogens is 448 g/mol. The van der Waals surface area contributed by atoms with Crippen molar-refractivity contribution in [2.75, 3.05) is 16.2 Å². The van der Waals surface area contributed by atoms with E-state index >= 15 is 0 Å². The van der Waals surface area contributed by atoms with E-state index in [1.54, 1.807) is 48.2 Å². The van der Waals surface area contributed by atoms with Gasteiger partial charge in [0.2, 0.25) is 5.13 Å². The van der Waals surface area contributed by atoms with E-state index in [4.69, 9.17) is 16.3 Å². The van der Waals surface area contributed by atoms with Crippen molar-refractivity contribution in [3.63, 3.8) is 0 Å². The van der Waals surface area contributed by atoms with Crippen molar-refractivity contribution in [1.29, 1.82) is 0 Å². The van der Waals surface area contributed by atoms with Gasteiger partial charge in [-0.2, -0.15) is 4.37 Å². The highest BCUT2D eigenvalue weighted by Crippen LogP contribution is 2.32. The number of hydrogen-bond donors (Lipinski definition) is 1. The van der Waals surface area contributed by atoms with Gasteiger partial charge in [-0.1, -0.05) is 23.7 Å². The van der Waals surface area contributed by atoms with E-state index in [0.717, 1.165) is 17.1 Å². The van der Waals surface area contributed by atoms with Gasteiger partial charge in [0.05, 0.1) is 9.92 Å². The van der Waals surface area contributed by atoms with Gasteiger partial charge in [0.1, 0.15) is 12.1 Å². The lowest BCUT2D eigenvalue weighted by Crippen LogP contribution is -2.39. The van der Waals surface area contributed by atoms with Crippen molar-refractivity contribution in [2.45, 2.75) is 24.3 Å². The van der Waals surface area contributed by atoms with Gasteiger partial charge in [0, 0.05) is 23.8 Å². The predicted octanol–water partition coefficient (Wildman–Crippen LogP) is 3.35. The Morgan fingerprint density at radius 1 is 1.30 bits per heavy atom. The number of amides is 1. The van der Waals surface area contributed by atoms with Crippen molar-refractivity contribution >= 4 is 49.9 Å². The summed E-state index contributed by atoms with van der Waals surface area (Å²) in [5.74, 6) is 0.208. The van der Waals surface area contributed by atoms with Crippen molar-refractivity contribution in [3.05, 3.63) is 59.4 Å². The third-order valence-electron chi connectivity index (χ3n) is 4.59. The minimum absolute atomic E-state index is 0.103. The van der Waals surface area contributed by atoms with Crippen LogP contribution in [0.15, 0.2) is 53.7 Å². The Morgan fingerprint density at radius 3 is 2.83 bits per heavy atom. The van der Waals surface area contributed by atoms with E-state index in [1.807, 2.05) is 0 Å². The van der Waals surface area contributed by atoms with E-state index in [2.05, 4.69) is 14.1 Å². The lowest BCUT2D eigenvalue weighted by atomic mass is 10.2. The zero-order chi connectivity index (χ0) is 21.3. The number of nitrogens with zero attached hydrogens (tertiary/aromatic N) is 3. The fourth-order valence-electron chi connectivity index (χ4n) is 3.17. The van der Waals surface area contributed by atoms with Gasteiger partial charge in [-0.25, -0.2) is 13.4 Å². The molecule has 0 saturated heterocycles. The van der Waals surface area contributed by atoms with Gasteiger partial charge in [0.15, 0.2) is 6.10 Å². The molecular formula is C19H17ClN4O4S2. The van der Waals surface area contributed by atoms with Crippen LogP contribution in [-0.4, -0.2) is 36.3 Å². The molecule has 3 aromatic rings. The number of halogens is 1. The minimum Gasteiger partial charge on any atom is -0.479 e. The van der Waals surface area contributed by atoms with E-state index in [1.165, 1.54) is 12.4 Å². The summed E-state index contributed by atoms with van der Waals surface area (Å²) in [6.07, 6.45) is 1.07. The van der Waals surface area contributed by atoms with Crippen molar-refractivity contribution in [2.24, 2.45) is 0 Å². The highest BCUT2D eigenvalue weighted by atomic mass is 35.5. The molecule has 8 nitrogen and oxygen atoms in total. The van der Waals surface area contributed by atoms with Crippen molar-refractivity contribution in [3.8, 4) is 5.75 Å². The van der Waals surface area contributed by atoms with Crippen LogP contribution in [0, 0.1) is 0 Å². The largest absolute Gasteiger partial charge is 0.479 e. The minimum atomic E-state index is -3.79. The maximum atomic E-state index is 12.9. The fraction of sp³-hybridized carbons (Fsp3) is 0.211. The molecule has 0 spiro atoms. The summed E-state index contributed by atoms with van der Waals surface area (Å²) in [5, 5.41) is 0.620. The van der Waals surface area contributed by atoms with Crippen molar-refractivity contribution in [1.82, 2.24) is 9.36 Å². The summed E-state index contributed by atoms with van der Waals surface area (Å²) in [6, 6.07) is 11.6. The van der Waals surface area contributed by atoms with Crippen LogP contribution in [-0.2, 0) is 21.2 Å². The zero-order valence-electron chi connectivity index (χ0n) is 15.8. The molecule has 1 aromatic heterocycles. The highest BCUT2D eigenvalue weighted by Gasteiger charge is 2.30. The number of benzene rings is 2. The molecule has 2 aromatic carbocycles. The highest BCUT2D eigenvalue weighted by molar-refractivity contribution is 7.93. The predicted molar refractivity (Wildman–Crippen MR) is 115 cm³/mol. The molecule has 11 heteroatoms. The van der Waals surface area contributed by atoms with Crippen LogP contribution in [0.1, 0.15) is 12.5 Å². The molecule has 0 bridgehead atoms. The molecule has 0 aliphatic carbocycles. The summed E-state index contributed by atoms with van der Waals surface area (Å²) in [5.41, 5.74) is 1.44. The van der Waals surface area contributed by atoms with Gasteiger partial charge < -0.3 is 9.64 Å². The quantitative estimate of drug-likeness (QED) is 0.600. The molecule has 1 atom stereocenters. The Balaban J connectivity index is 1.52. The molecule has 0 fully saturated rings. The third-order valence-corrected chi connectivity index (χ3v) is 6.95. The maximum Gasteiger partial charge on any atom is 0.267 e. The first-order valence-electron chi connectivity index (χ1n) is 9.00. The second kappa shape index (κ2) is 8.21. The molecule has 30 heavy (non-hydrogen) atoms. The summed E-state index contributed by atoms with van der Waals surface area (Å²) in [4.78, 5) is 18.5. The van der Waals surface area contributed by atoms with E-state index in [9.17, 15) is 13.2 Å². The molecule has 2 heterocycles. The molecule has 0 saturated carbocycles. The number of hydrogen-bond acceptors (Lipinski definition) is 7. The van der Waals surface area contributed by atoms with E-state index < -0.39 is 16.1 Å². The average molecular weight is 465 g/mol. The first kappa shape index (κ1) is 20.6. The first-order chi connectivity index (χ1) is 14.3. The lowest BCUT2D eigenvalue weighted by molar-refractivity contribution is -0.124. The Labute approximate surface area is 182 Å². The molecule has 4 rings (SSSR count). The summed E-state index contributed by atoms with van der Waals surface area (Å²) in [7, 11) is -3.79. The Hall–Kier alpha value is -2.69. The van der Waals surface area contributed by atoms with Crippen LogP contribution in [0.3, 0.4) is 0 Å². The van der Waals surface area contributed by atoms with Crippen LogP contribution >= 0.6 is 23.1 Å². The van der Waals surface area contributed by atoms with E-state index in [0.29, 0.717) is 29.4 Å². The smallest absolute Gasteiger partial charge is 0.267 e. The number of carbonyl (C=O) groups is 1. The van der Waals surface area contributed by atoms with Crippen LogP contribution in [0.2, 0.25) is 5.02 Å². The third kappa shape index (κ3) is 4.11. The van der Waals surface area contributed by atoms with Crippen molar-refractivity contribution < 1.29 is 17.9 Å². The number of nitrogens with one attached hydrogen (secondary N) is 1. The monoisotopic (exact) mass is 464 g/mol. The van der Waals surface area contributed by atoms with Gasteiger partial charge in [-0.15, -0.1) is 0 Å². The first-order valence-corrected chi connectivity index (χ1v) is 11.6. The Morgan fingerprint density at radius 2 is 2.10 bits per heavy atom. The number of aromatic nitrogens is 2. The molecule has 156 valence electrons. The van der Waals surface area contributed by atoms with Gasteiger partial charge in [0.25, 0.3) is 15.9 Å². The number of fused-ring (bicyclic) bond motifs is 1. The second-order valence-electron chi connectivity index (χ2n) is 6.57. The molecule has 1 aliphatic heterocycles.